The largest absolute Gasteiger partial charge is 0.355 e. The maximum atomic E-state index is 12.4. The van der Waals surface area contributed by atoms with Crippen LogP contribution in [-0.2, 0) is 22.6 Å². The van der Waals surface area contributed by atoms with Crippen LogP contribution in [0.1, 0.15) is 17.5 Å². The first-order chi connectivity index (χ1) is 13.2. The van der Waals surface area contributed by atoms with Crippen LogP contribution in [0.15, 0.2) is 54.9 Å². The van der Waals surface area contributed by atoms with Gasteiger partial charge in [0, 0.05) is 58.1 Å². The zero-order chi connectivity index (χ0) is 18.9. The summed E-state index contributed by atoms with van der Waals surface area (Å²) in [5.41, 5.74) is 2.22. The van der Waals surface area contributed by atoms with Gasteiger partial charge in [0.15, 0.2) is 0 Å². The van der Waals surface area contributed by atoms with Crippen molar-refractivity contribution in [3.8, 4) is 0 Å². The molecule has 0 unspecified atom stereocenters. The third-order valence-corrected chi connectivity index (χ3v) is 4.75. The number of rotatable bonds is 7. The second kappa shape index (κ2) is 9.83. The Kier molecular flexibility index (Phi) is 6.93. The molecule has 142 valence electrons. The highest BCUT2D eigenvalue weighted by atomic mass is 16.2. The predicted molar refractivity (Wildman–Crippen MR) is 104 cm³/mol. The molecule has 0 atom stereocenters. The van der Waals surface area contributed by atoms with Crippen molar-refractivity contribution in [3.05, 3.63) is 66.0 Å². The summed E-state index contributed by atoms with van der Waals surface area (Å²) in [6.07, 6.45) is 4.32. The van der Waals surface area contributed by atoms with Crippen molar-refractivity contribution < 1.29 is 9.59 Å². The molecule has 2 aromatic rings. The van der Waals surface area contributed by atoms with Gasteiger partial charge >= 0.3 is 0 Å². The van der Waals surface area contributed by atoms with Crippen molar-refractivity contribution in [3.63, 3.8) is 0 Å². The van der Waals surface area contributed by atoms with Gasteiger partial charge in [-0.05, 0) is 23.3 Å². The van der Waals surface area contributed by atoms with E-state index in [1.807, 2.05) is 47.4 Å². The Bertz CT molecular complexity index is 728. The molecule has 6 heteroatoms. The number of carbonyl (C=O) groups is 2. The van der Waals surface area contributed by atoms with Gasteiger partial charge in [-0.3, -0.25) is 19.5 Å². The first-order valence-electron chi connectivity index (χ1n) is 9.40. The second-order valence-corrected chi connectivity index (χ2v) is 6.77. The van der Waals surface area contributed by atoms with Gasteiger partial charge in [-0.2, -0.15) is 0 Å². The van der Waals surface area contributed by atoms with Crippen LogP contribution in [0, 0.1) is 0 Å². The van der Waals surface area contributed by atoms with Crippen LogP contribution >= 0.6 is 0 Å². The Labute approximate surface area is 160 Å². The van der Waals surface area contributed by atoms with E-state index in [4.69, 9.17) is 0 Å². The molecular weight excluding hydrogens is 340 g/mol. The van der Waals surface area contributed by atoms with Gasteiger partial charge in [0.1, 0.15) is 0 Å². The zero-order valence-electron chi connectivity index (χ0n) is 15.5. The number of hydrogen-bond acceptors (Lipinski definition) is 4. The lowest BCUT2D eigenvalue weighted by molar-refractivity contribution is -0.133. The van der Waals surface area contributed by atoms with Gasteiger partial charge in [-0.25, -0.2) is 0 Å². The summed E-state index contributed by atoms with van der Waals surface area (Å²) < 4.78 is 0. The van der Waals surface area contributed by atoms with Crippen LogP contribution in [0.5, 0.6) is 0 Å². The van der Waals surface area contributed by atoms with Crippen molar-refractivity contribution in [2.45, 2.75) is 19.4 Å². The maximum Gasteiger partial charge on any atom is 0.224 e. The van der Waals surface area contributed by atoms with E-state index in [2.05, 4.69) is 15.2 Å². The lowest BCUT2D eigenvalue weighted by Crippen LogP contribution is -2.48. The van der Waals surface area contributed by atoms with Gasteiger partial charge < -0.3 is 10.2 Å². The van der Waals surface area contributed by atoms with Crippen LogP contribution in [0.2, 0.25) is 0 Å². The van der Waals surface area contributed by atoms with Crippen LogP contribution < -0.4 is 5.32 Å². The van der Waals surface area contributed by atoms with Crippen molar-refractivity contribution in [2.24, 2.45) is 0 Å². The molecule has 1 aromatic heterocycles. The number of piperazine rings is 1. The minimum absolute atomic E-state index is 0.0452. The topological polar surface area (TPSA) is 65.5 Å². The molecule has 0 radical (unpaired) electrons. The highest BCUT2D eigenvalue weighted by molar-refractivity contribution is 5.80. The Morgan fingerprint density at radius 2 is 1.63 bits per heavy atom. The standard InChI is InChI=1S/C21H26N4O2/c26-20(16-18-4-2-1-3-5-18)23-11-8-21(27)25-14-12-24(13-15-25)17-19-6-9-22-10-7-19/h1-7,9-10H,8,11-17H2,(H,23,26). The molecule has 0 spiro atoms. The molecule has 6 nitrogen and oxygen atoms in total. The molecule has 1 fully saturated rings. The van der Waals surface area contributed by atoms with Crippen LogP contribution in [-0.4, -0.2) is 59.3 Å². The number of benzene rings is 1. The van der Waals surface area contributed by atoms with E-state index < -0.39 is 0 Å². The van der Waals surface area contributed by atoms with E-state index in [1.54, 1.807) is 12.4 Å². The van der Waals surface area contributed by atoms with E-state index in [0.29, 0.717) is 19.4 Å². The molecular formula is C21H26N4O2. The van der Waals surface area contributed by atoms with Crippen molar-refractivity contribution in [2.75, 3.05) is 32.7 Å². The summed E-state index contributed by atoms with van der Waals surface area (Å²) in [6, 6.07) is 13.7. The maximum absolute atomic E-state index is 12.4. The second-order valence-electron chi connectivity index (χ2n) is 6.77. The number of carbonyl (C=O) groups excluding carboxylic acids is 2. The molecule has 1 N–H and O–H groups in total. The van der Waals surface area contributed by atoms with Crippen LogP contribution in [0.4, 0.5) is 0 Å². The van der Waals surface area contributed by atoms with Gasteiger partial charge in [0.25, 0.3) is 0 Å². The first kappa shape index (κ1) is 19.0. The summed E-state index contributed by atoms with van der Waals surface area (Å²) >= 11 is 0. The van der Waals surface area contributed by atoms with E-state index in [9.17, 15) is 9.59 Å². The van der Waals surface area contributed by atoms with Gasteiger partial charge in [-0.1, -0.05) is 30.3 Å². The lowest BCUT2D eigenvalue weighted by Gasteiger charge is -2.34. The summed E-state index contributed by atoms with van der Waals surface area (Å²) in [5, 5.41) is 2.84. The van der Waals surface area contributed by atoms with Gasteiger partial charge in [-0.15, -0.1) is 0 Å². The Hall–Kier alpha value is -2.73. The smallest absolute Gasteiger partial charge is 0.224 e. The quantitative estimate of drug-likeness (QED) is 0.806. The van der Waals surface area contributed by atoms with Crippen molar-refractivity contribution in [1.82, 2.24) is 20.1 Å². The highest BCUT2D eigenvalue weighted by Crippen LogP contribution is 2.08. The fourth-order valence-electron chi connectivity index (χ4n) is 3.21. The minimum Gasteiger partial charge on any atom is -0.355 e. The fraction of sp³-hybridized carbons (Fsp3) is 0.381. The van der Waals surface area contributed by atoms with Crippen LogP contribution in [0.25, 0.3) is 0 Å². The summed E-state index contributed by atoms with van der Waals surface area (Å²) in [5.74, 6) is 0.0646. The third-order valence-electron chi connectivity index (χ3n) is 4.75. The van der Waals surface area contributed by atoms with E-state index in [0.717, 1.165) is 38.3 Å². The molecule has 3 rings (SSSR count). The zero-order valence-corrected chi connectivity index (χ0v) is 15.5. The molecule has 1 aliphatic rings. The summed E-state index contributed by atoms with van der Waals surface area (Å²) in [7, 11) is 0. The molecule has 0 aliphatic carbocycles. The Morgan fingerprint density at radius 3 is 2.33 bits per heavy atom. The molecule has 0 bridgehead atoms. The third kappa shape index (κ3) is 6.18. The normalized spacial score (nSPS) is 14.7. The molecule has 1 saturated heterocycles. The molecule has 1 aromatic carbocycles. The number of pyridine rings is 1. The predicted octanol–water partition coefficient (Wildman–Crippen LogP) is 1.47. The number of nitrogens with one attached hydrogen (secondary N) is 1. The molecule has 2 amide bonds. The molecule has 27 heavy (non-hydrogen) atoms. The average molecular weight is 366 g/mol. The molecule has 0 saturated carbocycles. The first-order valence-corrected chi connectivity index (χ1v) is 9.40. The van der Waals surface area contributed by atoms with Gasteiger partial charge in [0.05, 0.1) is 6.42 Å². The Balaban J connectivity index is 1.33. The van der Waals surface area contributed by atoms with Crippen molar-refractivity contribution in [1.29, 1.82) is 0 Å². The molecule has 2 heterocycles. The summed E-state index contributed by atoms with van der Waals surface area (Å²) in [4.78, 5) is 32.6. The average Bonchev–Trinajstić information content (AvgIpc) is 2.70. The number of aromatic nitrogens is 1. The monoisotopic (exact) mass is 366 g/mol. The summed E-state index contributed by atoms with van der Waals surface area (Å²) in [6.45, 7) is 4.49. The van der Waals surface area contributed by atoms with Gasteiger partial charge in [0.2, 0.25) is 11.8 Å². The highest BCUT2D eigenvalue weighted by Gasteiger charge is 2.20. The van der Waals surface area contributed by atoms with E-state index >= 15 is 0 Å². The number of nitrogens with zero attached hydrogens (tertiary/aromatic N) is 3. The van der Waals surface area contributed by atoms with Crippen LogP contribution in [0.3, 0.4) is 0 Å². The minimum atomic E-state index is -0.0452. The van der Waals surface area contributed by atoms with E-state index in [1.165, 1.54) is 5.56 Å². The Morgan fingerprint density at radius 1 is 0.926 bits per heavy atom. The van der Waals surface area contributed by atoms with Crippen molar-refractivity contribution >= 4 is 11.8 Å². The number of hydrogen-bond donors (Lipinski definition) is 1. The fourth-order valence-corrected chi connectivity index (χ4v) is 3.21. The molecule has 1 aliphatic heterocycles. The SMILES string of the molecule is O=C(Cc1ccccc1)NCCC(=O)N1CCN(Cc2ccncc2)CC1. The number of amides is 2. The lowest BCUT2D eigenvalue weighted by atomic mass is 10.1. The van der Waals surface area contributed by atoms with E-state index in [-0.39, 0.29) is 11.8 Å².